The highest BCUT2D eigenvalue weighted by Crippen LogP contribution is 2.01. The van der Waals surface area contributed by atoms with Gasteiger partial charge >= 0.3 is 7.05 Å². The Labute approximate surface area is 69.6 Å². The van der Waals surface area contributed by atoms with E-state index < -0.39 is 13.0 Å². The Morgan fingerprint density at radius 3 is 2.67 bits per heavy atom. The molecule has 0 aromatic rings. The van der Waals surface area contributed by atoms with Crippen LogP contribution in [0.5, 0.6) is 0 Å². The normalized spacial score (nSPS) is 12.6. The molecule has 0 heterocycles. The van der Waals surface area contributed by atoms with Crippen LogP contribution in [-0.4, -0.2) is 18.0 Å². The van der Waals surface area contributed by atoms with E-state index in [1.807, 2.05) is 0 Å². The van der Waals surface area contributed by atoms with Crippen molar-refractivity contribution in [2.45, 2.75) is 6.92 Å². The van der Waals surface area contributed by atoms with Crippen molar-refractivity contribution in [3.63, 3.8) is 0 Å². The Bertz CT molecular complexity index is 236. The first-order valence-electron chi connectivity index (χ1n) is 3.14. The summed E-state index contributed by atoms with van der Waals surface area (Å²) in [6, 6.07) is 0. The highest BCUT2D eigenvalue weighted by Gasteiger charge is 2.15. The third-order valence-corrected chi connectivity index (χ3v) is 1.03. The van der Waals surface area contributed by atoms with Crippen LogP contribution >= 0.6 is 0 Å². The van der Waals surface area contributed by atoms with Gasteiger partial charge in [0.05, 0.1) is 0 Å². The van der Waals surface area contributed by atoms with Crippen LogP contribution in [0, 0.1) is 4.91 Å². The smallest absolute Gasteiger partial charge is 0.425 e. The van der Waals surface area contributed by atoms with Crippen molar-refractivity contribution >= 4 is 13.0 Å². The number of aliphatic imine (C=N–C) groups is 1. The first-order chi connectivity index (χ1) is 5.61. The van der Waals surface area contributed by atoms with Crippen LogP contribution < -0.4 is 0 Å². The van der Waals surface area contributed by atoms with E-state index in [2.05, 4.69) is 16.7 Å². The quantitative estimate of drug-likeness (QED) is 0.298. The van der Waals surface area contributed by atoms with Crippen molar-refractivity contribution in [2.24, 2.45) is 10.1 Å². The zero-order valence-electron chi connectivity index (χ0n) is 6.57. The molecule has 0 saturated carbocycles. The maximum atomic E-state index is 12.0. The lowest BCUT2D eigenvalue weighted by Gasteiger charge is -1.93. The van der Waals surface area contributed by atoms with E-state index in [1.165, 1.54) is 6.08 Å². The molecule has 0 radical (unpaired) electrons. The summed E-state index contributed by atoms with van der Waals surface area (Å²) in [6.07, 6.45) is 2.17. The van der Waals surface area contributed by atoms with Crippen LogP contribution in [0.2, 0.25) is 0 Å². The van der Waals surface area contributed by atoms with E-state index >= 15 is 0 Å². The molecule has 0 aromatic heterocycles. The largest absolute Gasteiger partial charge is 0.519 e. The van der Waals surface area contributed by atoms with Crippen molar-refractivity contribution in [1.29, 1.82) is 0 Å². The Morgan fingerprint density at radius 1 is 1.75 bits per heavy atom. The molecule has 0 amide bonds. The second kappa shape index (κ2) is 5.37. The van der Waals surface area contributed by atoms with Crippen molar-refractivity contribution in [2.75, 3.05) is 0 Å². The van der Waals surface area contributed by atoms with Crippen molar-refractivity contribution in [1.82, 2.24) is 0 Å². The number of halogens is 1. The van der Waals surface area contributed by atoms with Crippen LogP contribution in [0.3, 0.4) is 0 Å². The lowest BCUT2D eigenvalue weighted by atomic mass is 9.75. The average molecular weight is 170 g/mol. The van der Waals surface area contributed by atoms with Crippen molar-refractivity contribution in [3.05, 3.63) is 29.2 Å². The highest BCUT2D eigenvalue weighted by atomic mass is 19.1. The molecule has 0 saturated heterocycles. The topological polar surface area (TPSA) is 62.0 Å². The number of allylic oxidation sites excluding steroid dienone is 2. The third-order valence-electron chi connectivity index (χ3n) is 1.03. The molecule has 0 bridgehead atoms. The number of rotatable bonds is 4. The van der Waals surface area contributed by atoms with E-state index in [9.17, 15) is 9.30 Å². The van der Waals surface area contributed by atoms with E-state index in [0.717, 1.165) is 13.1 Å². The summed E-state index contributed by atoms with van der Waals surface area (Å²) in [5, 5.41) is 11.1. The highest BCUT2D eigenvalue weighted by molar-refractivity contribution is 6.57. The molecule has 0 rings (SSSR count). The lowest BCUT2D eigenvalue weighted by molar-refractivity contribution is 0.583. The number of hydrogen-bond acceptors (Lipinski definition) is 4. The van der Waals surface area contributed by atoms with Gasteiger partial charge in [0.2, 0.25) is 0 Å². The molecule has 12 heavy (non-hydrogen) atoms. The van der Waals surface area contributed by atoms with Crippen LogP contribution in [-0.2, 0) is 0 Å². The minimum atomic E-state index is -1.54. The van der Waals surface area contributed by atoms with Gasteiger partial charge in [0.15, 0.2) is 5.97 Å². The predicted octanol–water partition coefficient (Wildman–Crippen LogP) is 1.23. The van der Waals surface area contributed by atoms with Crippen LogP contribution in [0.1, 0.15) is 6.92 Å². The monoisotopic (exact) mass is 170 g/mol. The fourth-order valence-corrected chi connectivity index (χ4v) is 0.449. The van der Waals surface area contributed by atoms with Gasteiger partial charge in [0, 0.05) is 13.1 Å². The Morgan fingerprint density at radius 2 is 2.33 bits per heavy atom. The molecular formula is C6H8BFN2O2. The first kappa shape index (κ1) is 10.7. The fraction of sp³-hybridized carbons (Fsp3) is 0.167. The number of nitrogens with zero attached hydrogens (tertiary/aromatic N) is 2. The molecule has 6 heteroatoms. The van der Waals surface area contributed by atoms with E-state index in [-0.39, 0.29) is 5.47 Å². The van der Waals surface area contributed by atoms with Crippen LogP contribution in [0.4, 0.5) is 4.39 Å². The summed E-state index contributed by atoms with van der Waals surface area (Å²) >= 11 is 0. The molecule has 0 unspecified atom stereocenters. The fourth-order valence-electron chi connectivity index (χ4n) is 0.449. The average Bonchev–Trinajstić information content (AvgIpc) is 2.04. The molecule has 0 atom stereocenters. The SMILES string of the molecule is C=C/C(=C\N=C(C)F)B(O)N=O. The van der Waals surface area contributed by atoms with E-state index in [0.29, 0.717) is 0 Å². The van der Waals surface area contributed by atoms with Gasteiger partial charge in [-0.3, -0.25) is 0 Å². The minimum Gasteiger partial charge on any atom is -0.425 e. The predicted molar refractivity (Wildman–Crippen MR) is 46.3 cm³/mol. The van der Waals surface area contributed by atoms with Gasteiger partial charge in [-0.15, -0.1) is 0 Å². The third kappa shape index (κ3) is 3.77. The minimum absolute atomic E-state index is 0.0574. The molecule has 1 N–H and O–H groups in total. The summed E-state index contributed by atoms with van der Waals surface area (Å²) < 4.78 is 12.0. The van der Waals surface area contributed by atoms with Gasteiger partial charge in [-0.1, -0.05) is 17.7 Å². The Balaban J connectivity index is 4.54. The van der Waals surface area contributed by atoms with Crippen LogP contribution in [0.25, 0.3) is 0 Å². The number of nitroso groups, excluding NO2 is 1. The standard InChI is InChI=1S/C6H8BFN2O2/c1-3-6(7(11)10-12)4-9-5(2)8/h3-4,11H,1H2,2H3/b6-4+,9-5?. The number of hydrogen-bond donors (Lipinski definition) is 1. The Kier molecular flexibility index (Phi) is 4.79. The maximum Gasteiger partial charge on any atom is 0.519 e. The molecule has 0 fully saturated rings. The van der Waals surface area contributed by atoms with E-state index in [4.69, 9.17) is 5.02 Å². The summed E-state index contributed by atoms with van der Waals surface area (Å²) in [5.41, 5.74) is 0.0574. The summed E-state index contributed by atoms with van der Waals surface area (Å²) in [7, 11) is -1.54. The lowest BCUT2D eigenvalue weighted by Crippen LogP contribution is -2.10. The molecule has 0 aliphatic carbocycles. The van der Waals surface area contributed by atoms with Gasteiger partial charge in [-0.25, -0.2) is 4.99 Å². The van der Waals surface area contributed by atoms with Gasteiger partial charge in [0.1, 0.15) is 0 Å². The molecule has 0 aromatic carbocycles. The summed E-state index contributed by atoms with van der Waals surface area (Å²) in [6.45, 7) is 4.43. The van der Waals surface area contributed by atoms with Crippen molar-refractivity contribution < 1.29 is 9.41 Å². The Hall–Kier alpha value is -1.30. The van der Waals surface area contributed by atoms with Gasteiger partial charge in [-0.05, 0) is 5.47 Å². The second-order valence-corrected chi connectivity index (χ2v) is 1.94. The molecule has 0 spiro atoms. The van der Waals surface area contributed by atoms with Gasteiger partial charge < -0.3 is 5.02 Å². The molecule has 4 nitrogen and oxygen atoms in total. The van der Waals surface area contributed by atoms with Crippen LogP contribution in [0.15, 0.2) is 34.4 Å². The zero-order chi connectivity index (χ0) is 9.56. The molecular weight excluding hydrogens is 162 g/mol. The maximum absolute atomic E-state index is 12.0. The van der Waals surface area contributed by atoms with E-state index in [1.54, 1.807) is 0 Å². The first-order valence-corrected chi connectivity index (χ1v) is 3.14. The molecule has 0 aliphatic rings. The molecule has 64 valence electrons. The molecule has 0 aliphatic heterocycles. The van der Waals surface area contributed by atoms with Gasteiger partial charge in [-0.2, -0.15) is 9.30 Å². The van der Waals surface area contributed by atoms with Gasteiger partial charge in [0.25, 0.3) is 0 Å². The summed E-state index contributed by atoms with van der Waals surface area (Å²) in [4.78, 5) is 13.0. The summed E-state index contributed by atoms with van der Waals surface area (Å²) in [5.74, 6) is -0.674. The van der Waals surface area contributed by atoms with Crippen molar-refractivity contribution in [3.8, 4) is 0 Å². The second-order valence-electron chi connectivity index (χ2n) is 1.94. The zero-order valence-corrected chi connectivity index (χ0v) is 6.57.